The predicted molar refractivity (Wildman–Crippen MR) is 68.5 cm³/mol. The third-order valence-electron chi connectivity index (χ3n) is 3.63. The molecule has 1 aliphatic heterocycles. The van der Waals surface area contributed by atoms with Gasteiger partial charge in [-0.05, 0) is 31.2 Å². The Hall–Kier alpha value is -0.650. The van der Waals surface area contributed by atoms with Gasteiger partial charge in [-0.3, -0.25) is 4.79 Å². The fourth-order valence-corrected chi connectivity index (χ4v) is 2.56. The van der Waals surface area contributed by atoms with Gasteiger partial charge in [-0.25, -0.2) is 0 Å². The molecule has 2 N–H and O–H groups in total. The third kappa shape index (κ3) is 5.80. The van der Waals surface area contributed by atoms with Crippen molar-refractivity contribution in [1.29, 1.82) is 0 Å². The van der Waals surface area contributed by atoms with E-state index < -0.39 is 5.97 Å². The van der Waals surface area contributed by atoms with Crippen LogP contribution in [0.1, 0.15) is 26.2 Å². The Labute approximate surface area is 109 Å². The Morgan fingerprint density at radius 1 is 1.50 bits per heavy atom. The normalized spacial score (nSPS) is 22.9. The number of hydrogen-bond acceptors (Lipinski definition) is 4. The highest BCUT2D eigenvalue weighted by molar-refractivity contribution is 5.66. The quantitative estimate of drug-likeness (QED) is 0.632. The maximum Gasteiger partial charge on any atom is 0.303 e. The Bertz CT molecular complexity index is 247. The number of nitrogens with zero attached hydrogens (tertiary/aromatic N) is 1. The third-order valence-corrected chi connectivity index (χ3v) is 3.63. The number of aliphatic carboxylic acids is 1. The zero-order valence-electron chi connectivity index (χ0n) is 11.2. The first-order valence-corrected chi connectivity index (χ1v) is 6.76. The van der Waals surface area contributed by atoms with Crippen LogP contribution in [0, 0.1) is 11.8 Å². The summed E-state index contributed by atoms with van der Waals surface area (Å²) in [6.07, 6.45) is 2.52. The lowest BCUT2D eigenvalue weighted by Crippen LogP contribution is -2.40. The van der Waals surface area contributed by atoms with Gasteiger partial charge in [0.05, 0.1) is 19.8 Å². The monoisotopic (exact) mass is 259 g/mol. The van der Waals surface area contributed by atoms with E-state index in [1.54, 1.807) is 0 Å². The molecule has 18 heavy (non-hydrogen) atoms. The minimum atomic E-state index is -0.703. The van der Waals surface area contributed by atoms with Crippen molar-refractivity contribution in [2.24, 2.45) is 11.8 Å². The summed E-state index contributed by atoms with van der Waals surface area (Å²) in [6.45, 7) is 6.04. The molecule has 0 aromatic carbocycles. The summed E-state index contributed by atoms with van der Waals surface area (Å²) in [4.78, 5) is 13.1. The van der Waals surface area contributed by atoms with Crippen LogP contribution in [0.2, 0.25) is 0 Å². The van der Waals surface area contributed by atoms with Crippen molar-refractivity contribution >= 4 is 5.97 Å². The van der Waals surface area contributed by atoms with Crippen LogP contribution in [0.15, 0.2) is 0 Å². The summed E-state index contributed by atoms with van der Waals surface area (Å²) in [7, 11) is 0. The number of likely N-dealkylation sites (tertiary alicyclic amines) is 1. The molecule has 1 rings (SSSR count). The summed E-state index contributed by atoms with van der Waals surface area (Å²) in [5.41, 5.74) is 0. The molecule has 0 aromatic heterocycles. The molecule has 106 valence electrons. The fourth-order valence-electron chi connectivity index (χ4n) is 2.56. The lowest BCUT2D eigenvalue weighted by atomic mass is 9.85. The summed E-state index contributed by atoms with van der Waals surface area (Å²) in [5, 5.41) is 17.4. The summed E-state index contributed by atoms with van der Waals surface area (Å²) < 4.78 is 5.26. The van der Waals surface area contributed by atoms with Crippen LogP contribution >= 0.6 is 0 Å². The number of aliphatic hydroxyl groups is 1. The minimum Gasteiger partial charge on any atom is -0.481 e. The van der Waals surface area contributed by atoms with E-state index >= 15 is 0 Å². The van der Waals surface area contributed by atoms with Crippen LogP contribution in [0.4, 0.5) is 0 Å². The van der Waals surface area contributed by atoms with Crippen LogP contribution in [-0.4, -0.2) is 60.5 Å². The molecule has 0 spiro atoms. The Kier molecular flexibility index (Phi) is 7.23. The van der Waals surface area contributed by atoms with Gasteiger partial charge in [0.25, 0.3) is 0 Å². The SMILES string of the molecule is CC(CC(=O)O)C1CCCN(CCOCCO)C1. The summed E-state index contributed by atoms with van der Waals surface area (Å²) >= 11 is 0. The van der Waals surface area contributed by atoms with Gasteiger partial charge in [-0.1, -0.05) is 6.92 Å². The molecule has 1 saturated heterocycles. The van der Waals surface area contributed by atoms with E-state index in [9.17, 15) is 4.79 Å². The molecular formula is C13H25NO4. The molecule has 1 fully saturated rings. The Balaban J connectivity index is 2.25. The van der Waals surface area contributed by atoms with Crippen molar-refractivity contribution in [1.82, 2.24) is 4.90 Å². The van der Waals surface area contributed by atoms with E-state index in [2.05, 4.69) is 4.90 Å². The molecule has 5 heteroatoms. The van der Waals surface area contributed by atoms with Crippen LogP contribution < -0.4 is 0 Å². The highest BCUT2D eigenvalue weighted by Gasteiger charge is 2.25. The van der Waals surface area contributed by atoms with Gasteiger partial charge in [0.2, 0.25) is 0 Å². The second-order valence-corrected chi connectivity index (χ2v) is 5.11. The predicted octanol–water partition coefficient (Wildman–Crippen LogP) is 0.818. The first-order chi connectivity index (χ1) is 8.63. The Morgan fingerprint density at radius 2 is 2.28 bits per heavy atom. The van der Waals surface area contributed by atoms with Gasteiger partial charge in [-0.2, -0.15) is 0 Å². The average molecular weight is 259 g/mol. The van der Waals surface area contributed by atoms with Crippen molar-refractivity contribution in [2.75, 3.05) is 39.5 Å². The van der Waals surface area contributed by atoms with Gasteiger partial charge in [0.15, 0.2) is 0 Å². The molecule has 5 nitrogen and oxygen atoms in total. The summed E-state index contributed by atoms with van der Waals surface area (Å²) in [5.74, 6) is 0.0160. The standard InChI is InChI=1S/C13H25NO4/c1-11(9-13(16)17)12-3-2-4-14(10-12)5-7-18-8-6-15/h11-12,15H,2-10H2,1H3,(H,16,17). The lowest BCUT2D eigenvalue weighted by Gasteiger charge is -2.35. The minimum absolute atomic E-state index is 0.0677. The van der Waals surface area contributed by atoms with E-state index in [0.717, 1.165) is 32.5 Å². The van der Waals surface area contributed by atoms with Crippen LogP contribution in [0.3, 0.4) is 0 Å². The summed E-state index contributed by atoms with van der Waals surface area (Å²) in [6, 6.07) is 0. The molecule has 2 atom stereocenters. The molecule has 1 heterocycles. The maximum atomic E-state index is 10.7. The molecule has 0 bridgehead atoms. The largest absolute Gasteiger partial charge is 0.481 e. The molecular weight excluding hydrogens is 234 g/mol. The van der Waals surface area contributed by atoms with Crippen molar-refractivity contribution < 1.29 is 19.7 Å². The number of piperidine rings is 1. The van der Waals surface area contributed by atoms with E-state index in [-0.39, 0.29) is 18.9 Å². The topological polar surface area (TPSA) is 70.0 Å². The second-order valence-electron chi connectivity index (χ2n) is 5.11. The highest BCUT2D eigenvalue weighted by atomic mass is 16.5. The number of rotatable bonds is 8. The molecule has 1 aliphatic rings. The van der Waals surface area contributed by atoms with Crippen molar-refractivity contribution in [2.45, 2.75) is 26.2 Å². The van der Waals surface area contributed by atoms with Gasteiger partial charge >= 0.3 is 5.97 Å². The lowest BCUT2D eigenvalue weighted by molar-refractivity contribution is -0.138. The number of carbonyl (C=O) groups is 1. The molecule has 0 aliphatic carbocycles. The van der Waals surface area contributed by atoms with E-state index in [1.165, 1.54) is 0 Å². The molecule has 0 amide bonds. The molecule has 2 unspecified atom stereocenters. The number of carboxylic acids is 1. The van der Waals surface area contributed by atoms with Gasteiger partial charge in [0, 0.05) is 19.5 Å². The van der Waals surface area contributed by atoms with E-state index in [0.29, 0.717) is 19.1 Å². The fraction of sp³-hybridized carbons (Fsp3) is 0.923. The first kappa shape index (κ1) is 15.4. The molecule has 0 radical (unpaired) electrons. The number of carboxylic acid groups (broad SMARTS) is 1. The smallest absolute Gasteiger partial charge is 0.303 e. The van der Waals surface area contributed by atoms with Gasteiger partial charge < -0.3 is 19.8 Å². The number of aliphatic hydroxyl groups excluding tert-OH is 1. The second kappa shape index (κ2) is 8.45. The van der Waals surface area contributed by atoms with Crippen LogP contribution in [-0.2, 0) is 9.53 Å². The van der Waals surface area contributed by atoms with Crippen molar-refractivity contribution in [3.05, 3.63) is 0 Å². The zero-order chi connectivity index (χ0) is 13.4. The van der Waals surface area contributed by atoms with E-state index in [4.69, 9.17) is 14.9 Å². The molecule has 0 aromatic rings. The average Bonchev–Trinajstić information content (AvgIpc) is 2.34. The number of ether oxygens (including phenoxy) is 1. The van der Waals surface area contributed by atoms with Crippen molar-refractivity contribution in [3.63, 3.8) is 0 Å². The van der Waals surface area contributed by atoms with Gasteiger partial charge in [-0.15, -0.1) is 0 Å². The maximum absolute atomic E-state index is 10.7. The van der Waals surface area contributed by atoms with Crippen LogP contribution in [0.5, 0.6) is 0 Å². The van der Waals surface area contributed by atoms with E-state index in [1.807, 2.05) is 6.92 Å². The van der Waals surface area contributed by atoms with Crippen molar-refractivity contribution in [3.8, 4) is 0 Å². The van der Waals surface area contributed by atoms with Gasteiger partial charge in [0.1, 0.15) is 0 Å². The van der Waals surface area contributed by atoms with Crippen LogP contribution in [0.25, 0.3) is 0 Å². The zero-order valence-corrected chi connectivity index (χ0v) is 11.2. The molecule has 0 saturated carbocycles. The number of hydrogen-bond donors (Lipinski definition) is 2. The Morgan fingerprint density at radius 3 is 2.94 bits per heavy atom. The highest BCUT2D eigenvalue weighted by Crippen LogP contribution is 2.25. The first-order valence-electron chi connectivity index (χ1n) is 6.76.